The molecule has 3 aromatic rings. The van der Waals surface area contributed by atoms with E-state index in [-0.39, 0.29) is 11.7 Å². The predicted molar refractivity (Wildman–Crippen MR) is 109 cm³/mol. The number of anilines is 1. The molecule has 26 heavy (non-hydrogen) atoms. The van der Waals surface area contributed by atoms with Crippen LogP contribution in [0.3, 0.4) is 0 Å². The molecule has 0 atom stereocenters. The lowest BCUT2D eigenvalue weighted by atomic mass is 10.1. The van der Waals surface area contributed by atoms with Crippen LogP contribution in [0.5, 0.6) is 0 Å². The van der Waals surface area contributed by atoms with Gasteiger partial charge in [-0.15, -0.1) is 10.2 Å². The number of carbonyl (C=O) groups excluding carboxylic acids is 1. The summed E-state index contributed by atoms with van der Waals surface area (Å²) in [5.74, 6) is 0.936. The van der Waals surface area contributed by atoms with Gasteiger partial charge in [0.2, 0.25) is 5.91 Å². The molecular weight excluding hydrogens is 436 g/mol. The molecule has 0 fully saturated rings. The van der Waals surface area contributed by atoms with Gasteiger partial charge in [0.25, 0.3) is 0 Å². The molecule has 0 saturated heterocycles. The van der Waals surface area contributed by atoms with Gasteiger partial charge in [-0.2, -0.15) is 0 Å². The van der Waals surface area contributed by atoms with Gasteiger partial charge in [-0.1, -0.05) is 69.6 Å². The number of carbonyl (C=O) groups is 1. The molecule has 1 aromatic heterocycles. The van der Waals surface area contributed by atoms with Crippen LogP contribution in [0.2, 0.25) is 5.02 Å². The summed E-state index contributed by atoms with van der Waals surface area (Å²) in [5, 5.41) is 12.4. The first-order valence-corrected chi connectivity index (χ1v) is 9.98. The van der Waals surface area contributed by atoms with Gasteiger partial charge in [-0.25, -0.2) is 0 Å². The highest BCUT2D eigenvalue weighted by atomic mass is 79.9. The highest BCUT2D eigenvalue weighted by Crippen LogP contribution is 2.26. The van der Waals surface area contributed by atoms with E-state index < -0.39 is 0 Å². The summed E-state index contributed by atoms with van der Waals surface area (Å²) in [6, 6.07) is 15.4. The fourth-order valence-corrected chi connectivity index (χ4v) is 3.76. The molecule has 1 N–H and O–H groups in total. The van der Waals surface area contributed by atoms with Crippen LogP contribution < -0.4 is 5.32 Å². The quantitative estimate of drug-likeness (QED) is 0.558. The van der Waals surface area contributed by atoms with Gasteiger partial charge in [0.05, 0.1) is 16.5 Å². The first-order valence-electron chi connectivity index (χ1n) is 7.83. The predicted octanol–water partition coefficient (Wildman–Crippen LogP) is 4.55. The molecule has 0 aliphatic carbocycles. The van der Waals surface area contributed by atoms with Crippen molar-refractivity contribution in [3.8, 4) is 0 Å². The van der Waals surface area contributed by atoms with E-state index in [0.29, 0.717) is 22.3 Å². The normalized spacial score (nSPS) is 10.7. The Morgan fingerprint density at radius 1 is 1.23 bits per heavy atom. The van der Waals surface area contributed by atoms with Crippen molar-refractivity contribution in [2.45, 2.75) is 11.6 Å². The van der Waals surface area contributed by atoms with Gasteiger partial charge >= 0.3 is 0 Å². The molecule has 0 unspecified atom stereocenters. The van der Waals surface area contributed by atoms with E-state index in [1.807, 2.05) is 35.9 Å². The van der Waals surface area contributed by atoms with E-state index in [2.05, 4.69) is 43.6 Å². The van der Waals surface area contributed by atoms with Gasteiger partial charge in [-0.05, 0) is 23.8 Å². The second-order valence-electron chi connectivity index (χ2n) is 5.58. The molecular formula is C18H16BrClN4OS. The maximum Gasteiger partial charge on any atom is 0.234 e. The Morgan fingerprint density at radius 3 is 2.73 bits per heavy atom. The smallest absolute Gasteiger partial charge is 0.234 e. The molecule has 0 radical (unpaired) electrons. The Morgan fingerprint density at radius 2 is 2.00 bits per heavy atom. The summed E-state index contributed by atoms with van der Waals surface area (Å²) in [7, 11) is 1.91. The summed E-state index contributed by atoms with van der Waals surface area (Å²) in [5.41, 5.74) is 1.75. The van der Waals surface area contributed by atoms with E-state index >= 15 is 0 Å². The van der Waals surface area contributed by atoms with Crippen molar-refractivity contribution in [2.75, 3.05) is 11.1 Å². The van der Waals surface area contributed by atoms with Crippen LogP contribution in [0, 0.1) is 0 Å². The van der Waals surface area contributed by atoms with Gasteiger partial charge < -0.3 is 9.88 Å². The molecule has 8 heteroatoms. The maximum absolute atomic E-state index is 12.2. The molecule has 2 aromatic carbocycles. The standard InChI is InChI=1S/C18H16BrClN4OS/c1-24-16(9-12-5-3-2-4-6-12)22-23-18(24)26-11-17(25)21-15-8-7-13(19)10-14(15)20/h2-8,10H,9,11H2,1H3,(H,21,25). The molecule has 0 spiro atoms. The minimum Gasteiger partial charge on any atom is -0.324 e. The highest BCUT2D eigenvalue weighted by Gasteiger charge is 2.13. The number of nitrogens with zero attached hydrogens (tertiary/aromatic N) is 3. The van der Waals surface area contributed by atoms with Crippen LogP contribution in [0.25, 0.3) is 0 Å². The fourth-order valence-electron chi connectivity index (χ4n) is 2.31. The summed E-state index contributed by atoms with van der Waals surface area (Å²) >= 11 is 10.8. The number of rotatable bonds is 6. The van der Waals surface area contributed by atoms with Gasteiger partial charge in [-0.3, -0.25) is 4.79 Å². The minimum absolute atomic E-state index is 0.146. The number of amides is 1. The zero-order valence-corrected chi connectivity index (χ0v) is 17.1. The second-order valence-corrected chi connectivity index (χ2v) is 7.85. The van der Waals surface area contributed by atoms with Crippen LogP contribution >= 0.6 is 39.3 Å². The van der Waals surface area contributed by atoms with Gasteiger partial charge in [0.15, 0.2) is 5.16 Å². The lowest BCUT2D eigenvalue weighted by molar-refractivity contribution is -0.113. The number of hydrogen-bond donors (Lipinski definition) is 1. The van der Waals surface area contributed by atoms with E-state index in [0.717, 1.165) is 10.3 Å². The third-order valence-electron chi connectivity index (χ3n) is 3.67. The fraction of sp³-hybridized carbons (Fsp3) is 0.167. The lowest BCUT2D eigenvalue weighted by Gasteiger charge is -2.07. The van der Waals surface area contributed by atoms with Crippen molar-refractivity contribution in [1.29, 1.82) is 0 Å². The van der Waals surface area contributed by atoms with Crippen LogP contribution in [-0.2, 0) is 18.3 Å². The second kappa shape index (κ2) is 8.70. The lowest BCUT2D eigenvalue weighted by Crippen LogP contribution is -2.14. The summed E-state index contributed by atoms with van der Waals surface area (Å²) in [4.78, 5) is 12.2. The maximum atomic E-state index is 12.2. The SMILES string of the molecule is Cn1c(Cc2ccccc2)nnc1SCC(=O)Nc1ccc(Br)cc1Cl. The van der Waals surface area contributed by atoms with Gasteiger partial charge in [0.1, 0.15) is 5.82 Å². The zero-order valence-electron chi connectivity index (χ0n) is 13.9. The van der Waals surface area contributed by atoms with Gasteiger partial charge in [0, 0.05) is 17.9 Å². The van der Waals surface area contributed by atoms with Crippen molar-refractivity contribution >= 4 is 50.9 Å². The average Bonchev–Trinajstić information content (AvgIpc) is 2.96. The third-order valence-corrected chi connectivity index (χ3v) is 5.49. The molecule has 1 heterocycles. The Hall–Kier alpha value is -1.83. The highest BCUT2D eigenvalue weighted by molar-refractivity contribution is 9.10. The van der Waals surface area contributed by atoms with E-state index in [9.17, 15) is 4.79 Å². The van der Waals surface area contributed by atoms with Crippen molar-refractivity contribution in [2.24, 2.45) is 7.05 Å². The molecule has 134 valence electrons. The van der Waals surface area contributed by atoms with Crippen LogP contribution in [-0.4, -0.2) is 26.4 Å². The van der Waals surface area contributed by atoms with E-state index in [1.165, 1.54) is 17.3 Å². The number of benzene rings is 2. The number of halogens is 2. The third kappa shape index (κ3) is 4.87. The molecule has 5 nitrogen and oxygen atoms in total. The number of aromatic nitrogens is 3. The topological polar surface area (TPSA) is 59.8 Å². The Kier molecular flexibility index (Phi) is 6.34. The van der Waals surface area contributed by atoms with E-state index in [1.54, 1.807) is 12.1 Å². The number of thioether (sulfide) groups is 1. The molecule has 3 rings (SSSR count). The monoisotopic (exact) mass is 450 g/mol. The summed E-state index contributed by atoms with van der Waals surface area (Å²) < 4.78 is 2.78. The summed E-state index contributed by atoms with van der Waals surface area (Å²) in [6.45, 7) is 0. The Bertz CT molecular complexity index is 917. The largest absolute Gasteiger partial charge is 0.324 e. The van der Waals surface area contributed by atoms with Crippen molar-refractivity contribution in [3.05, 3.63) is 69.4 Å². The summed E-state index contributed by atoms with van der Waals surface area (Å²) in [6.07, 6.45) is 0.700. The number of nitrogens with one attached hydrogen (secondary N) is 1. The van der Waals surface area contributed by atoms with Crippen LogP contribution in [0.15, 0.2) is 58.2 Å². The molecule has 0 saturated carbocycles. The van der Waals surface area contributed by atoms with Crippen molar-refractivity contribution in [1.82, 2.24) is 14.8 Å². The minimum atomic E-state index is -0.146. The molecule has 0 aliphatic heterocycles. The number of hydrogen-bond acceptors (Lipinski definition) is 4. The first-order chi connectivity index (χ1) is 12.5. The Balaban J connectivity index is 1.58. The van der Waals surface area contributed by atoms with Crippen LogP contribution in [0.1, 0.15) is 11.4 Å². The van der Waals surface area contributed by atoms with Crippen molar-refractivity contribution in [3.63, 3.8) is 0 Å². The zero-order chi connectivity index (χ0) is 18.5. The van der Waals surface area contributed by atoms with Crippen LogP contribution in [0.4, 0.5) is 5.69 Å². The first kappa shape index (κ1) is 18.9. The van der Waals surface area contributed by atoms with E-state index in [4.69, 9.17) is 11.6 Å². The van der Waals surface area contributed by atoms with Crippen molar-refractivity contribution < 1.29 is 4.79 Å². The molecule has 1 amide bonds. The molecule has 0 bridgehead atoms. The average molecular weight is 452 g/mol. The Labute approximate surface area is 169 Å². The molecule has 0 aliphatic rings.